The van der Waals surface area contributed by atoms with E-state index in [0.717, 1.165) is 13.1 Å². The first kappa shape index (κ1) is 13.4. The highest BCUT2D eigenvalue weighted by molar-refractivity contribution is 5.96. The predicted octanol–water partition coefficient (Wildman–Crippen LogP) is -1.29. The summed E-state index contributed by atoms with van der Waals surface area (Å²) in [5, 5.41) is 10.6. The quantitative estimate of drug-likeness (QED) is 0.597. The summed E-state index contributed by atoms with van der Waals surface area (Å²) < 4.78 is 0. The predicted molar refractivity (Wildman–Crippen MR) is 60.8 cm³/mol. The van der Waals surface area contributed by atoms with Crippen molar-refractivity contribution in [3.63, 3.8) is 0 Å². The minimum absolute atomic E-state index is 0.383. The van der Waals surface area contributed by atoms with Crippen LogP contribution in [0.25, 0.3) is 0 Å². The van der Waals surface area contributed by atoms with Crippen LogP contribution in [0.2, 0.25) is 0 Å². The summed E-state index contributed by atoms with van der Waals surface area (Å²) in [6.07, 6.45) is 0. The molecule has 0 spiro atoms. The smallest absolute Gasteiger partial charge is 0.318 e. The van der Waals surface area contributed by atoms with E-state index in [9.17, 15) is 9.59 Å². The molecule has 1 atom stereocenters. The highest BCUT2D eigenvalue weighted by Gasteiger charge is 2.25. The van der Waals surface area contributed by atoms with Crippen molar-refractivity contribution in [3.8, 4) is 6.07 Å². The monoisotopic (exact) mass is 239 g/mol. The maximum atomic E-state index is 11.5. The number of amides is 3. The molecule has 3 N–H and O–H groups in total. The van der Waals surface area contributed by atoms with E-state index in [1.165, 1.54) is 0 Å². The number of hydrogen-bond donors (Lipinski definition) is 2. The highest BCUT2D eigenvalue weighted by atomic mass is 16.2. The summed E-state index contributed by atoms with van der Waals surface area (Å²) in [6.45, 7) is 5.06. The number of imide groups is 1. The SMILES string of the molecule is CC(C(=O)NC(N)=O)N1CCN(CC#N)CC1. The van der Waals surface area contributed by atoms with E-state index < -0.39 is 6.03 Å². The molecule has 1 rings (SSSR count). The summed E-state index contributed by atoms with van der Waals surface area (Å²) in [4.78, 5) is 26.1. The zero-order valence-corrected chi connectivity index (χ0v) is 9.85. The molecule has 1 unspecified atom stereocenters. The van der Waals surface area contributed by atoms with Gasteiger partial charge in [-0.25, -0.2) is 4.79 Å². The van der Waals surface area contributed by atoms with Gasteiger partial charge in [-0.05, 0) is 6.92 Å². The lowest BCUT2D eigenvalue weighted by atomic mass is 10.2. The molecule has 1 heterocycles. The number of carbonyl (C=O) groups excluding carboxylic acids is 2. The van der Waals surface area contributed by atoms with Gasteiger partial charge in [0.05, 0.1) is 18.7 Å². The number of primary amides is 1. The van der Waals surface area contributed by atoms with Gasteiger partial charge in [0.15, 0.2) is 0 Å². The minimum Gasteiger partial charge on any atom is -0.351 e. The Morgan fingerprint density at radius 1 is 1.41 bits per heavy atom. The fourth-order valence-corrected chi connectivity index (χ4v) is 1.80. The molecule has 1 fully saturated rings. The molecule has 0 bridgehead atoms. The number of nitrogens with one attached hydrogen (secondary N) is 1. The molecule has 7 heteroatoms. The number of nitrogens with zero attached hydrogens (tertiary/aromatic N) is 3. The lowest BCUT2D eigenvalue weighted by Gasteiger charge is -2.36. The van der Waals surface area contributed by atoms with Crippen molar-refractivity contribution in [3.05, 3.63) is 0 Å². The number of piperazine rings is 1. The Hall–Kier alpha value is -1.65. The van der Waals surface area contributed by atoms with Gasteiger partial charge >= 0.3 is 6.03 Å². The van der Waals surface area contributed by atoms with Crippen LogP contribution >= 0.6 is 0 Å². The van der Waals surface area contributed by atoms with Crippen LogP contribution in [0.1, 0.15) is 6.92 Å². The first-order valence-electron chi connectivity index (χ1n) is 5.48. The van der Waals surface area contributed by atoms with Crippen LogP contribution in [0, 0.1) is 11.3 Å². The molecule has 1 saturated heterocycles. The molecule has 94 valence electrons. The van der Waals surface area contributed by atoms with Crippen molar-refractivity contribution in [2.75, 3.05) is 32.7 Å². The second-order valence-electron chi connectivity index (χ2n) is 4.00. The number of rotatable bonds is 3. The number of nitriles is 1. The molecule has 7 nitrogen and oxygen atoms in total. The summed E-state index contributed by atoms with van der Waals surface area (Å²) in [5.74, 6) is -0.383. The van der Waals surface area contributed by atoms with Crippen molar-refractivity contribution in [1.29, 1.82) is 5.26 Å². The topological polar surface area (TPSA) is 102 Å². The number of hydrogen-bond acceptors (Lipinski definition) is 5. The molecule has 3 amide bonds. The summed E-state index contributed by atoms with van der Waals surface area (Å²) in [6, 6.07) is 0.886. The third kappa shape index (κ3) is 4.01. The Bertz CT molecular complexity index is 330. The molecule has 0 saturated carbocycles. The van der Waals surface area contributed by atoms with Gasteiger partial charge in [0, 0.05) is 26.2 Å². The normalized spacial score (nSPS) is 19.3. The Labute approximate surface area is 100 Å². The second-order valence-corrected chi connectivity index (χ2v) is 4.00. The highest BCUT2D eigenvalue weighted by Crippen LogP contribution is 2.05. The van der Waals surface area contributed by atoms with Crippen molar-refractivity contribution >= 4 is 11.9 Å². The second kappa shape index (κ2) is 6.18. The maximum Gasteiger partial charge on any atom is 0.318 e. The van der Waals surface area contributed by atoms with Gasteiger partial charge in [-0.15, -0.1) is 0 Å². The Morgan fingerprint density at radius 3 is 2.47 bits per heavy atom. The first-order chi connectivity index (χ1) is 8.04. The lowest BCUT2D eigenvalue weighted by Crippen LogP contribution is -2.55. The third-order valence-corrected chi connectivity index (χ3v) is 2.87. The van der Waals surface area contributed by atoms with Crippen LogP contribution in [-0.4, -0.2) is 60.5 Å². The van der Waals surface area contributed by atoms with Crippen LogP contribution in [0.15, 0.2) is 0 Å². The largest absolute Gasteiger partial charge is 0.351 e. The van der Waals surface area contributed by atoms with Gasteiger partial charge in [-0.2, -0.15) is 5.26 Å². The number of carbonyl (C=O) groups is 2. The van der Waals surface area contributed by atoms with E-state index >= 15 is 0 Å². The Balaban J connectivity index is 2.40. The summed E-state index contributed by atoms with van der Waals surface area (Å²) in [5.41, 5.74) is 4.89. The molecule has 0 aliphatic carbocycles. The van der Waals surface area contributed by atoms with Crippen LogP contribution in [0.5, 0.6) is 0 Å². The van der Waals surface area contributed by atoms with E-state index in [0.29, 0.717) is 19.6 Å². The van der Waals surface area contributed by atoms with Gasteiger partial charge in [0.2, 0.25) is 5.91 Å². The van der Waals surface area contributed by atoms with Crippen molar-refractivity contribution in [2.24, 2.45) is 5.73 Å². The van der Waals surface area contributed by atoms with Crippen LogP contribution < -0.4 is 11.1 Å². The van der Waals surface area contributed by atoms with E-state index in [-0.39, 0.29) is 11.9 Å². The zero-order chi connectivity index (χ0) is 12.8. The van der Waals surface area contributed by atoms with E-state index in [2.05, 4.69) is 11.4 Å². The maximum absolute atomic E-state index is 11.5. The van der Waals surface area contributed by atoms with Crippen LogP contribution in [0.3, 0.4) is 0 Å². The molecule has 0 aromatic rings. The molecule has 1 aliphatic heterocycles. The molecular formula is C10H17N5O2. The molecule has 0 aromatic carbocycles. The average Bonchev–Trinajstić information content (AvgIpc) is 2.28. The zero-order valence-electron chi connectivity index (χ0n) is 9.85. The van der Waals surface area contributed by atoms with Gasteiger partial charge in [0.1, 0.15) is 0 Å². The van der Waals surface area contributed by atoms with Gasteiger partial charge < -0.3 is 5.73 Å². The number of urea groups is 1. The van der Waals surface area contributed by atoms with Crippen molar-refractivity contribution in [1.82, 2.24) is 15.1 Å². The molecular weight excluding hydrogens is 222 g/mol. The standard InChI is InChI=1S/C10H17N5O2/c1-8(9(16)13-10(12)17)15-6-4-14(3-2-11)5-7-15/h8H,3-7H2,1H3,(H3,12,13,16,17). The number of nitrogens with two attached hydrogens (primary N) is 1. The molecule has 17 heavy (non-hydrogen) atoms. The van der Waals surface area contributed by atoms with Crippen LogP contribution in [-0.2, 0) is 4.79 Å². The van der Waals surface area contributed by atoms with Gasteiger partial charge in [-0.1, -0.05) is 0 Å². The first-order valence-corrected chi connectivity index (χ1v) is 5.48. The average molecular weight is 239 g/mol. The van der Waals surface area contributed by atoms with Crippen molar-refractivity contribution in [2.45, 2.75) is 13.0 Å². The van der Waals surface area contributed by atoms with Crippen LogP contribution in [0.4, 0.5) is 4.79 Å². The third-order valence-electron chi connectivity index (χ3n) is 2.87. The van der Waals surface area contributed by atoms with Crippen molar-refractivity contribution < 1.29 is 9.59 Å². The van der Waals surface area contributed by atoms with Gasteiger partial charge in [-0.3, -0.25) is 19.9 Å². The molecule has 0 aromatic heterocycles. The Morgan fingerprint density at radius 2 is 2.00 bits per heavy atom. The summed E-state index contributed by atoms with van der Waals surface area (Å²) >= 11 is 0. The van der Waals surface area contributed by atoms with E-state index in [4.69, 9.17) is 11.0 Å². The lowest BCUT2D eigenvalue weighted by molar-refractivity contribution is -0.125. The fourth-order valence-electron chi connectivity index (χ4n) is 1.80. The minimum atomic E-state index is -0.829. The fraction of sp³-hybridized carbons (Fsp3) is 0.700. The summed E-state index contributed by atoms with van der Waals surface area (Å²) in [7, 11) is 0. The van der Waals surface area contributed by atoms with Gasteiger partial charge in [0.25, 0.3) is 0 Å². The molecule has 0 radical (unpaired) electrons. The van der Waals surface area contributed by atoms with E-state index in [1.54, 1.807) is 6.92 Å². The molecule has 1 aliphatic rings. The Kier molecular flexibility index (Phi) is 4.87. The van der Waals surface area contributed by atoms with E-state index in [1.807, 2.05) is 9.80 Å².